The van der Waals surface area contributed by atoms with Gasteiger partial charge in [-0.15, -0.1) is 0 Å². The van der Waals surface area contributed by atoms with Crippen molar-refractivity contribution in [2.75, 3.05) is 31.1 Å². The van der Waals surface area contributed by atoms with Crippen LogP contribution in [0.3, 0.4) is 0 Å². The average molecular weight is 327 g/mol. The minimum absolute atomic E-state index is 0.221. The highest BCUT2D eigenvalue weighted by Crippen LogP contribution is 2.21. The number of para-hydroxylation sites is 1. The number of carbonyl (C=O) groups excluding carboxylic acids is 1. The summed E-state index contributed by atoms with van der Waals surface area (Å²) in [6.45, 7) is 8.80. The standard InChI is InChI=1S/C19H25N3O2/c1-19(2,3)24-18(23)22-10-6-9-21(11-12-22)16-13-15-7-4-5-8-17(15)20-14-16/h4-5,7-8,13-14H,6,9-12H2,1-3H3. The van der Waals surface area contributed by atoms with Gasteiger partial charge in [-0.25, -0.2) is 4.79 Å². The van der Waals surface area contributed by atoms with Gasteiger partial charge in [0.15, 0.2) is 0 Å². The summed E-state index contributed by atoms with van der Waals surface area (Å²) < 4.78 is 5.49. The topological polar surface area (TPSA) is 45.7 Å². The Balaban J connectivity index is 1.69. The van der Waals surface area contributed by atoms with Crippen LogP contribution in [0.1, 0.15) is 27.2 Å². The lowest BCUT2D eigenvalue weighted by Gasteiger charge is -2.27. The maximum Gasteiger partial charge on any atom is 0.410 e. The molecule has 1 fully saturated rings. The van der Waals surface area contributed by atoms with Gasteiger partial charge in [0.05, 0.1) is 17.4 Å². The van der Waals surface area contributed by atoms with E-state index in [0.717, 1.165) is 42.6 Å². The number of hydrogen-bond donors (Lipinski definition) is 0. The second kappa shape index (κ2) is 6.67. The first kappa shape index (κ1) is 16.6. The third kappa shape index (κ3) is 3.96. The molecule has 128 valence electrons. The summed E-state index contributed by atoms with van der Waals surface area (Å²) >= 11 is 0. The molecule has 1 aromatic heterocycles. The lowest BCUT2D eigenvalue weighted by Crippen LogP contribution is -2.39. The van der Waals surface area contributed by atoms with E-state index in [4.69, 9.17) is 4.74 Å². The summed E-state index contributed by atoms with van der Waals surface area (Å²) in [5.41, 5.74) is 1.66. The van der Waals surface area contributed by atoms with E-state index >= 15 is 0 Å². The number of anilines is 1. The largest absolute Gasteiger partial charge is 0.444 e. The van der Waals surface area contributed by atoms with Gasteiger partial charge >= 0.3 is 6.09 Å². The lowest BCUT2D eigenvalue weighted by atomic mass is 10.2. The number of aromatic nitrogens is 1. The van der Waals surface area contributed by atoms with Crippen LogP contribution in [-0.2, 0) is 4.74 Å². The van der Waals surface area contributed by atoms with Gasteiger partial charge in [-0.1, -0.05) is 18.2 Å². The summed E-state index contributed by atoms with van der Waals surface area (Å²) in [5, 5.41) is 1.14. The Hall–Kier alpha value is -2.30. The van der Waals surface area contributed by atoms with Crippen molar-refractivity contribution < 1.29 is 9.53 Å². The predicted molar refractivity (Wildman–Crippen MR) is 96.4 cm³/mol. The third-order valence-electron chi connectivity index (χ3n) is 4.09. The Labute approximate surface area is 143 Å². The molecule has 0 aliphatic carbocycles. The van der Waals surface area contributed by atoms with Gasteiger partial charge in [0, 0.05) is 31.6 Å². The quantitative estimate of drug-likeness (QED) is 0.801. The van der Waals surface area contributed by atoms with Crippen molar-refractivity contribution in [2.24, 2.45) is 0 Å². The molecule has 0 spiro atoms. The van der Waals surface area contributed by atoms with Crippen molar-refractivity contribution >= 4 is 22.7 Å². The molecule has 2 heterocycles. The zero-order valence-electron chi connectivity index (χ0n) is 14.7. The Morgan fingerprint density at radius 2 is 1.92 bits per heavy atom. The van der Waals surface area contributed by atoms with Gasteiger partial charge in [-0.2, -0.15) is 0 Å². The van der Waals surface area contributed by atoms with Gasteiger partial charge in [-0.3, -0.25) is 4.98 Å². The fourth-order valence-corrected chi connectivity index (χ4v) is 2.92. The van der Waals surface area contributed by atoms with Crippen molar-refractivity contribution in [3.63, 3.8) is 0 Å². The number of hydrogen-bond acceptors (Lipinski definition) is 4. The van der Waals surface area contributed by atoms with Gasteiger partial charge in [0.2, 0.25) is 0 Å². The fraction of sp³-hybridized carbons (Fsp3) is 0.474. The minimum Gasteiger partial charge on any atom is -0.444 e. The van der Waals surface area contributed by atoms with Crippen LogP contribution in [0.15, 0.2) is 36.5 Å². The van der Waals surface area contributed by atoms with Crippen LogP contribution in [0.5, 0.6) is 0 Å². The van der Waals surface area contributed by atoms with Crippen LogP contribution in [0, 0.1) is 0 Å². The van der Waals surface area contributed by atoms with Crippen molar-refractivity contribution in [1.29, 1.82) is 0 Å². The number of amides is 1. The lowest BCUT2D eigenvalue weighted by molar-refractivity contribution is 0.0263. The maximum atomic E-state index is 12.3. The monoisotopic (exact) mass is 327 g/mol. The highest BCUT2D eigenvalue weighted by atomic mass is 16.6. The number of nitrogens with zero attached hydrogens (tertiary/aromatic N) is 3. The molecule has 5 nitrogen and oxygen atoms in total. The number of benzene rings is 1. The third-order valence-corrected chi connectivity index (χ3v) is 4.09. The van der Waals surface area contributed by atoms with Crippen LogP contribution in [0.25, 0.3) is 10.9 Å². The van der Waals surface area contributed by atoms with Crippen LogP contribution < -0.4 is 4.90 Å². The molecular formula is C19H25N3O2. The molecule has 1 aliphatic rings. The van der Waals surface area contributed by atoms with Gasteiger partial charge in [0.1, 0.15) is 5.60 Å². The fourth-order valence-electron chi connectivity index (χ4n) is 2.92. The van der Waals surface area contributed by atoms with Crippen molar-refractivity contribution in [2.45, 2.75) is 32.8 Å². The van der Waals surface area contributed by atoms with Crippen LogP contribution >= 0.6 is 0 Å². The number of ether oxygens (including phenoxy) is 1. The first-order valence-corrected chi connectivity index (χ1v) is 8.50. The molecule has 1 aromatic carbocycles. The summed E-state index contributed by atoms with van der Waals surface area (Å²) in [4.78, 5) is 20.9. The Morgan fingerprint density at radius 3 is 2.71 bits per heavy atom. The van der Waals surface area contributed by atoms with Crippen LogP contribution in [0.2, 0.25) is 0 Å². The molecule has 0 N–H and O–H groups in total. The molecule has 3 rings (SSSR count). The molecule has 1 aliphatic heterocycles. The highest BCUT2D eigenvalue weighted by Gasteiger charge is 2.24. The molecule has 0 saturated carbocycles. The summed E-state index contributed by atoms with van der Waals surface area (Å²) in [5.74, 6) is 0. The second-order valence-corrected chi connectivity index (χ2v) is 7.19. The number of rotatable bonds is 1. The zero-order valence-corrected chi connectivity index (χ0v) is 14.7. The molecule has 0 unspecified atom stereocenters. The molecule has 0 atom stereocenters. The molecular weight excluding hydrogens is 302 g/mol. The Kier molecular flexibility index (Phi) is 4.60. The molecule has 1 amide bonds. The smallest absolute Gasteiger partial charge is 0.410 e. The van der Waals surface area contributed by atoms with E-state index in [-0.39, 0.29) is 6.09 Å². The molecule has 24 heavy (non-hydrogen) atoms. The molecule has 1 saturated heterocycles. The summed E-state index contributed by atoms with van der Waals surface area (Å²) in [7, 11) is 0. The Morgan fingerprint density at radius 1 is 1.12 bits per heavy atom. The van der Waals surface area contributed by atoms with Crippen molar-refractivity contribution in [3.8, 4) is 0 Å². The number of carbonyl (C=O) groups is 1. The molecule has 0 radical (unpaired) electrons. The second-order valence-electron chi connectivity index (χ2n) is 7.19. The summed E-state index contributed by atoms with van der Waals surface area (Å²) in [6, 6.07) is 10.3. The first-order valence-electron chi connectivity index (χ1n) is 8.50. The van der Waals surface area contributed by atoms with Gasteiger partial charge in [0.25, 0.3) is 0 Å². The van der Waals surface area contributed by atoms with E-state index in [1.165, 1.54) is 0 Å². The van der Waals surface area contributed by atoms with Crippen LogP contribution in [-0.4, -0.2) is 47.8 Å². The normalized spacial score (nSPS) is 16.1. The van der Waals surface area contributed by atoms with E-state index in [2.05, 4.69) is 22.0 Å². The minimum atomic E-state index is -0.453. The number of fused-ring (bicyclic) bond motifs is 1. The van der Waals surface area contributed by atoms with Gasteiger partial charge < -0.3 is 14.5 Å². The first-order chi connectivity index (χ1) is 11.4. The molecule has 5 heteroatoms. The van der Waals surface area contributed by atoms with E-state index in [0.29, 0.717) is 6.54 Å². The maximum absolute atomic E-state index is 12.3. The zero-order chi connectivity index (χ0) is 17.2. The summed E-state index contributed by atoms with van der Waals surface area (Å²) in [6.07, 6.45) is 2.62. The van der Waals surface area contributed by atoms with E-state index < -0.39 is 5.60 Å². The van der Waals surface area contributed by atoms with E-state index in [9.17, 15) is 4.79 Å². The molecule has 2 aromatic rings. The van der Waals surface area contributed by atoms with Crippen molar-refractivity contribution in [1.82, 2.24) is 9.88 Å². The SMILES string of the molecule is CC(C)(C)OC(=O)N1CCCN(c2cnc3ccccc3c2)CC1. The molecule has 0 bridgehead atoms. The number of pyridine rings is 1. The van der Waals surface area contributed by atoms with Crippen LogP contribution in [0.4, 0.5) is 10.5 Å². The Bertz CT molecular complexity index is 724. The van der Waals surface area contributed by atoms with E-state index in [1.807, 2.05) is 45.2 Å². The van der Waals surface area contributed by atoms with E-state index in [1.54, 1.807) is 4.90 Å². The predicted octanol–water partition coefficient (Wildman–Crippen LogP) is 3.68. The highest BCUT2D eigenvalue weighted by molar-refractivity contribution is 5.81. The average Bonchev–Trinajstić information content (AvgIpc) is 2.79. The van der Waals surface area contributed by atoms with Gasteiger partial charge in [-0.05, 0) is 39.3 Å². The van der Waals surface area contributed by atoms with Crippen molar-refractivity contribution in [3.05, 3.63) is 36.5 Å².